The molecular formula is C15H25NS. The first kappa shape index (κ1) is 14.4. The fourth-order valence-corrected chi connectivity index (χ4v) is 2.82. The monoisotopic (exact) mass is 251 g/mol. The van der Waals surface area contributed by atoms with Crippen LogP contribution in [0.1, 0.15) is 76.0 Å². The molecule has 0 atom stereocenters. The second-order valence-electron chi connectivity index (χ2n) is 5.70. The van der Waals surface area contributed by atoms with E-state index in [9.17, 15) is 0 Å². The number of benzene rings is 1. The summed E-state index contributed by atoms with van der Waals surface area (Å²) in [6, 6.07) is 2.28. The van der Waals surface area contributed by atoms with Crippen LogP contribution in [-0.2, 0) is 0 Å². The molecule has 2 N–H and O–H groups in total. The molecule has 96 valence electrons. The van der Waals surface area contributed by atoms with Crippen LogP contribution in [0.25, 0.3) is 0 Å². The summed E-state index contributed by atoms with van der Waals surface area (Å²) in [5.41, 5.74) is 11.0. The molecule has 17 heavy (non-hydrogen) atoms. The van der Waals surface area contributed by atoms with Crippen LogP contribution < -0.4 is 5.73 Å². The highest BCUT2D eigenvalue weighted by atomic mass is 32.1. The van der Waals surface area contributed by atoms with Gasteiger partial charge in [0.15, 0.2) is 0 Å². The summed E-state index contributed by atoms with van der Waals surface area (Å²) in [6.45, 7) is 13.2. The topological polar surface area (TPSA) is 26.0 Å². The van der Waals surface area contributed by atoms with Crippen LogP contribution in [0.4, 0.5) is 5.69 Å². The zero-order valence-corrected chi connectivity index (χ0v) is 12.7. The lowest BCUT2D eigenvalue weighted by molar-refractivity contribution is 0.761. The van der Waals surface area contributed by atoms with E-state index in [2.05, 4.69) is 60.2 Å². The number of hydrogen-bond acceptors (Lipinski definition) is 2. The second kappa shape index (κ2) is 5.34. The van der Waals surface area contributed by atoms with E-state index in [1.807, 2.05) is 0 Å². The first-order valence-corrected chi connectivity index (χ1v) is 6.87. The predicted octanol–water partition coefficient (Wildman–Crippen LogP) is 4.93. The smallest absolute Gasteiger partial charge is 0.0487 e. The Kier molecular flexibility index (Phi) is 4.54. The quantitative estimate of drug-likeness (QED) is 0.578. The zero-order valence-electron chi connectivity index (χ0n) is 11.8. The molecule has 0 aromatic heterocycles. The summed E-state index contributed by atoms with van der Waals surface area (Å²) in [6.07, 6.45) is 0. The molecule has 2 heteroatoms. The molecule has 0 aliphatic heterocycles. The molecule has 0 saturated heterocycles. The third kappa shape index (κ3) is 2.79. The van der Waals surface area contributed by atoms with Gasteiger partial charge in [0.2, 0.25) is 0 Å². The Balaban J connectivity index is 3.57. The summed E-state index contributed by atoms with van der Waals surface area (Å²) in [4.78, 5) is 0.981. The van der Waals surface area contributed by atoms with Crippen LogP contribution in [-0.4, -0.2) is 0 Å². The van der Waals surface area contributed by atoms with Crippen LogP contribution >= 0.6 is 12.6 Å². The number of thiol groups is 1. The second-order valence-corrected chi connectivity index (χ2v) is 6.14. The van der Waals surface area contributed by atoms with Gasteiger partial charge in [-0.05, 0) is 34.4 Å². The maximum absolute atomic E-state index is 6.21. The molecule has 0 aliphatic rings. The van der Waals surface area contributed by atoms with Crippen molar-refractivity contribution in [2.24, 2.45) is 0 Å². The van der Waals surface area contributed by atoms with Gasteiger partial charge in [-0.3, -0.25) is 0 Å². The number of nitrogens with two attached hydrogens (primary N) is 1. The average molecular weight is 251 g/mol. The molecule has 1 rings (SSSR count). The Morgan fingerprint density at radius 1 is 0.882 bits per heavy atom. The van der Waals surface area contributed by atoms with Gasteiger partial charge in [0.1, 0.15) is 0 Å². The SMILES string of the molecule is CC(C)c1cc(C(C)C)c(C(C)C)c(S)c1N. The number of rotatable bonds is 3. The van der Waals surface area contributed by atoms with Crippen LogP contribution in [0.15, 0.2) is 11.0 Å². The molecule has 0 heterocycles. The van der Waals surface area contributed by atoms with E-state index in [1.165, 1.54) is 16.7 Å². The fourth-order valence-electron chi connectivity index (χ4n) is 2.30. The van der Waals surface area contributed by atoms with Crippen molar-refractivity contribution in [3.8, 4) is 0 Å². The van der Waals surface area contributed by atoms with Gasteiger partial charge in [0.25, 0.3) is 0 Å². The van der Waals surface area contributed by atoms with E-state index in [1.54, 1.807) is 0 Å². The lowest BCUT2D eigenvalue weighted by Gasteiger charge is -2.23. The Hall–Kier alpha value is -0.630. The minimum absolute atomic E-state index is 0.444. The summed E-state index contributed by atoms with van der Waals surface area (Å²) >= 11 is 4.65. The van der Waals surface area contributed by atoms with Crippen LogP contribution in [0.2, 0.25) is 0 Å². The van der Waals surface area contributed by atoms with Gasteiger partial charge in [-0.15, -0.1) is 12.6 Å². The predicted molar refractivity (Wildman–Crippen MR) is 80.4 cm³/mol. The molecule has 0 saturated carbocycles. The van der Waals surface area contributed by atoms with Crippen LogP contribution in [0.5, 0.6) is 0 Å². The van der Waals surface area contributed by atoms with Gasteiger partial charge in [0.05, 0.1) is 0 Å². The highest BCUT2D eigenvalue weighted by Crippen LogP contribution is 2.39. The lowest BCUT2D eigenvalue weighted by atomic mass is 9.86. The minimum atomic E-state index is 0.444. The molecule has 0 aliphatic carbocycles. The normalized spacial score (nSPS) is 11.9. The summed E-state index contributed by atoms with van der Waals surface area (Å²) < 4.78 is 0. The van der Waals surface area contributed by atoms with Gasteiger partial charge in [-0.25, -0.2) is 0 Å². The molecule has 0 bridgehead atoms. The first-order valence-electron chi connectivity index (χ1n) is 6.42. The Morgan fingerprint density at radius 3 is 1.71 bits per heavy atom. The van der Waals surface area contributed by atoms with Crippen molar-refractivity contribution in [2.75, 3.05) is 5.73 Å². The van der Waals surface area contributed by atoms with Crippen molar-refractivity contribution in [1.29, 1.82) is 0 Å². The third-order valence-corrected chi connectivity index (χ3v) is 3.75. The van der Waals surface area contributed by atoms with Crippen molar-refractivity contribution >= 4 is 18.3 Å². The standard InChI is InChI=1S/C15H25NS/c1-8(2)11-7-12(9(3)4)14(16)15(17)13(11)10(5)6/h7-10,17H,16H2,1-6H3. The van der Waals surface area contributed by atoms with E-state index in [4.69, 9.17) is 5.73 Å². The van der Waals surface area contributed by atoms with Gasteiger partial charge < -0.3 is 5.73 Å². The fraction of sp³-hybridized carbons (Fsp3) is 0.600. The molecule has 0 radical (unpaired) electrons. The molecule has 0 amide bonds. The number of hydrogen-bond donors (Lipinski definition) is 2. The first-order chi connectivity index (χ1) is 7.77. The highest BCUT2D eigenvalue weighted by Gasteiger charge is 2.19. The van der Waals surface area contributed by atoms with Crippen molar-refractivity contribution in [3.63, 3.8) is 0 Å². The van der Waals surface area contributed by atoms with Crippen LogP contribution in [0, 0.1) is 0 Å². The van der Waals surface area contributed by atoms with Crippen molar-refractivity contribution in [2.45, 2.75) is 64.2 Å². The van der Waals surface area contributed by atoms with Gasteiger partial charge >= 0.3 is 0 Å². The molecule has 1 aromatic rings. The van der Waals surface area contributed by atoms with Crippen molar-refractivity contribution in [3.05, 3.63) is 22.8 Å². The van der Waals surface area contributed by atoms with Gasteiger partial charge in [0, 0.05) is 10.6 Å². The summed E-state index contributed by atoms with van der Waals surface area (Å²) in [7, 11) is 0. The number of anilines is 1. The Labute approximate surface area is 111 Å². The van der Waals surface area contributed by atoms with E-state index >= 15 is 0 Å². The van der Waals surface area contributed by atoms with E-state index < -0.39 is 0 Å². The van der Waals surface area contributed by atoms with Gasteiger partial charge in [-0.2, -0.15) is 0 Å². The molecule has 0 fully saturated rings. The zero-order chi connectivity index (χ0) is 13.3. The maximum atomic E-state index is 6.21. The summed E-state index contributed by atoms with van der Waals surface area (Å²) in [5, 5.41) is 0. The third-order valence-electron chi connectivity index (χ3n) is 3.26. The highest BCUT2D eigenvalue weighted by molar-refractivity contribution is 7.80. The Morgan fingerprint density at radius 2 is 1.35 bits per heavy atom. The lowest BCUT2D eigenvalue weighted by Crippen LogP contribution is -2.07. The maximum Gasteiger partial charge on any atom is 0.0487 e. The number of nitrogen functional groups attached to an aromatic ring is 1. The van der Waals surface area contributed by atoms with Gasteiger partial charge in [-0.1, -0.05) is 47.6 Å². The molecule has 0 unspecified atom stereocenters. The van der Waals surface area contributed by atoms with E-state index in [0.29, 0.717) is 17.8 Å². The van der Waals surface area contributed by atoms with Crippen LogP contribution in [0.3, 0.4) is 0 Å². The summed E-state index contributed by atoms with van der Waals surface area (Å²) in [5.74, 6) is 1.42. The average Bonchev–Trinajstić information content (AvgIpc) is 2.19. The van der Waals surface area contributed by atoms with E-state index in [0.717, 1.165) is 10.6 Å². The van der Waals surface area contributed by atoms with Crippen molar-refractivity contribution < 1.29 is 0 Å². The minimum Gasteiger partial charge on any atom is -0.398 e. The van der Waals surface area contributed by atoms with Crippen molar-refractivity contribution in [1.82, 2.24) is 0 Å². The molecular weight excluding hydrogens is 226 g/mol. The molecule has 1 nitrogen and oxygen atoms in total. The molecule has 1 aromatic carbocycles. The van der Waals surface area contributed by atoms with E-state index in [-0.39, 0.29) is 0 Å². The molecule has 0 spiro atoms. The largest absolute Gasteiger partial charge is 0.398 e. The Bertz CT molecular complexity index is 406.